The quantitative estimate of drug-likeness (QED) is 0.331. The molecule has 0 saturated heterocycles. The van der Waals surface area contributed by atoms with Crippen molar-refractivity contribution in [3.8, 4) is 17.3 Å². The Hall–Kier alpha value is -5.26. The Bertz CT molecular complexity index is 1760. The Morgan fingerprint density at radius 2 is 1.97 bits per heavy atom. The number of carbonyl (C=O) groups excluding carboxylic acids is 1. The van der Waals surface area contributed by atoms with Crippen LogP contribution in [0.5, 0.6) is 5.75 Å². The average Bonchev–Trinajstić information content (AvgIpc) is 3.72. The van der Waals surface area contributed by atoms with E-state index >= 15 is 0 Å². The molecule has 1 aromatic carbocycles. The summed E-state index contributed by atoms with van der Waals surface area (Å²) in [5.41, 5.74) is 7.19. The van der Waals surface area contributed by atoms with Gasteiger partial charge in [0, 0.05) is 12.3 Å². The number of hydrogen-bond donors (Lipinski definition) is 2. The van der Waals surface area contributed by atoms with E-state index in [1.54, 1.807) is 61.6 Å². The lowest BCUT2D eigenvalue weighted by Crippen LogP contribution is -2.48. The van der Waals surface area contributed by atoms with Gasteiger partial charge in [-0.25, -0.2) is 9.67 Å². The molecular weight excluding hydrogens is 486 g/mol. The lowest BCUT2D eigenvalue weighted by atomic mass is 9.91. The van der Waals surface area contributed by atoms with Crippen LogP contribution in [0.25, 0.3) is 28.3 Å². The standard InChI is InChI=1S/C26H23N9O3/c1-26(16-7-4-3-5-8-16,24(36)29-14-17-13-18(37-2)10-11-28-17)35-23-19(15-30-35)22-31-21(20-9-6-12-38-20)33-34(22)25(27)32-23/h3-13,15H,14H2,1-2H3,(H2,27,32)(H,29,36)/t26-/m1/s1. The van der Waals surface area contributed by atoms with E-state index in [-0.39, 0.29) is 18.4 Å². The normalized spacial score (nSPS) is 13.0. The number of benzene rings is 1. The van der Waals surface area contributed by atoms with E-state index in [4.69, 9.17) is 14.9 Å². The van der Waals surface area contributed by atoms with E-state index in [1.807, 2.05) is 30.3 Å². The van der Waals surface area contributed by atoms with E-state index in [0.29, 0.717) is 45.3 Å². The first kappa shape index (κ1) is 23.2. The van der Waals surface area contributed by atoms with Crippen molar-refractivity contribution in [3.05, 3.63) is 84.5 Å². The minimum atomic E-state index is -1.29. The summed E-state index contributed by atoms with van der Waals surface area (Å²) in [6.45, 7) is 1.97. The fourth-order valence-corrected chi connectivity index (χ4v) is 4.38. The number of anilines is 1. The summed E-state index contributed by atoms with van der Waals surface area (Å²) < 4.78 is 13.7. The van der Waals surface area contributed by atoms with E-state index in [2.05, 4.69) is 30.5 Å². The van der Waals surface area contributed by atoms with Crippen molar-refractivity contribution in [2.24, 2.45) is 0 Å². The van der Waals surface area contributed by atoms with Crippen molar-refractivity contribution in [2.45, 2.75) is 19.0 Å². The van der Waals surface area contributed by atoms with Crippen LogP contribution in [-0.2, 0) is 16.9 Å². The second-order valence-electron chi connectivity index (χ2n) is 8.72. The molecule has 0 aliphatic carbocycles. The molecular formula is C26H23N9O3. The number of fused-ring (bicyclic) bond motifs is 3. The number of furan rings is 1. The van der Waals surface area contributed by atoms with Crippen molar-refractivity contribution in [3.63, 3.8) is 0 Å². The number of hydrogen-bond acceptors (Lipinski definition) is 9. The van der Waals surface area contributed by atoms with Gasteiger partial charge in [0.25, 0.3) is 5.91 Å². The van der Waals surface area contributed by atoms with Crippen LogP contribution in [0.3, 0.4) is 0 Å². The summed E-state index contributed by atoms with van der Waals surface area (Å²) in [5, 5.41) is 12.6. The number of nitrogen functional groups attached to an aromatic ring is 1. The summed E-state index contributed by atoms with van der Waals surface area (Å²) in [5.74, 6) is 1.29. The highest BCUT2D eigenvalue weighted by molar-refractivity contribution is 5.94. The molecule has 12 nitrogen and oxygen atoms in total. The van der Waals surface area contributed by atoms with Gasteiger partial charge in [0.15, 0.2) is 22.6 Å². The second kappa shape index (κ2) is 9.00. The lowest BCUT2D eigenvalue weighted by Gasteiger charge is -2.29. The highest BCUT2D eigenvalue weighted by Crippen LogP contribution is 2.31. The monoisotopic (exact) mass is 509 g/mol. The topological polar surface area (TPSA) is 151 Å². The van der Waals surface area contributed by atoms with Crippen molar-refractivity contribution < 1.29 is 13.9 Å². The van der Waals surface area contributed by atoms with Gasteiger partial charge >= 0.3 is 0 Å². The summed E-state index contributed by atoms with van der Waals surface area (Å²) in [4.78, 5) is 27.4. The smallest absolute Gasteiger partial charge is 0.252 e. The number of nitrogens with zero attached hydrogens (tertiary/aromatic N) is 7. The van der Waals surface area contributed by atoms with Crippen LogP contribution >= 0.6 is 0 Å². The number of carbonyl (C=O) groups is 1. The maximum Gasteiger partial charge on any atom is 0.252 e. The zero-order valence-corrected chi connectivity index (χ0v) is 20.6. The van der Waals surface area contributed by atoms with Crippen molar-refractivity contribution in [1.82, 2.24) is 39.7 Å². The Morgan fingerprint density at radius 3 is 2.74 bits per heavy atom. The summed E-state index contributed by atoms with van der Waals surface area (Å²) in [6.07, 6.45) is 4.78. The third-order valence-electron chi connectivity index (χ3n) is 6.43. The van der Waals surface area contributed by atoms with Crippen LogP contribution < -0.4 is 15.8 Å². The number of ether oxygens (including phenoxy) is 1. The molecule has 5 aromatic heterocycles. The first-order chi connectivity index (χ1) is 18.5. The third-order valence-corrected chi connectivity index (χ3v) is 6.43. The Kier molecular flexibility index (Phi) is 5.48. The lowest BCUT2D eigenvalue weighted by molar-refractivity contribution is -0.127. The highest BCUT2D eigenvalue weighted by Gasteiger charge is 2.40. The van der Waals surface area contributed by atoms with Gasteiger partial charge in [-0.05, 0) is 30.7 Å². The molecule has 0 radical (unpaired) electrons. The average molecular weight is 510 g/mol. The van der Waals surface area contributed by atoms with Crippen molar-refractivity contribution in [2.75, 3.05) is 12.8 Å². The number of methoxy groups -OCH3 is 1. The third kappa shape index (κ3) is 3.70. The number of amides is 1. The van der Waals surface area contributed by atoms with E-state index in [1.165, 1.54) is 4.52 Å². The van der Waals surface area contributed by atoms with Crippen LogP contribution in [0.4, 0.5) is 5.95 Å². The molecule has 0 aliphatic heterocycles. The van der Waals surface area contributed by atoms with Gasteiger partial charge in [0.1, 0.15) is 5.75 Å². The van der Waals surface area contributed by atoms with Gasteiger partial charge in [-0.15, -0.1) is 5.10 Å². The van der Waals surface area contributed by atoms with Crippen LogP contribution in [0.2, 0.25) is 0 Å². The van der Waals surface area contributed by atoms with E-state index in [0.717, 1.165) is 0 Å². The molecule has 0 saturated carbocycles. The molecule has 0 spiro atoms. The van der Waals surface area contributed by atoms with Crippen molar-refractivity contribution in [1.29, 1.82) is 0 Å². The fraction of sp³-hybridized carbons (Fsp3) is 0.154. The molecule has 1 atom stereocenters. The van der Waals surface area contributed by atoms with Crippen LogP contribution in [0, 0.1) is 0 Å². The maximum absolute atomic E-state index is 13.9. The predicted molar refractivity (Wildman–Crippen MR) is 138 cm³/mol. The number of pyridine rings is 1. The molecule has 38 heavy (non-hydrogen) atoms. The minimum Gasteiger partial charge on any atom is -0.497 e. The van der Waals surface area contributed by atoms with Gasteiger partial charge in [-0.3, -0.25) is 9.78 Å². The van der Waals surface area contributed by atoms with Crippen LogP contribution in [0.15, 0.2) is 77.7 Å². The Morgan fingerprint density at radius 1 is 1.13 bits per heavy atom. The molecule has 0 unspecified atom stereocenters. The molecule has 5 heterocycles. The molecule has 0 bridgehead atoms. The molecule has 6 aromatic rings. The predicted octanol–water partition coefficient (Wildman–Crippen LogP) is 2.80. The van der Waals surface area contributed by atoms with Crippen molar-refractivity contribution >= 4 is 28.5 Å². The molecule has 6 rings (SSSR count). The number of nitrogens with one attached hydrogen (secondary N) is 1. The number of nitrogens with two attached hydrogens (primary N) is 1. The summed E-state index contributed by atoms with van der Waals surface area (Å²) in [6, 6.07) is 16.4. The van der Waals surface area contributed by atoms with Gasteiger partial charge in [-0.1, -0.05) is 30.3 Å². The maximum atomic E-state index is 13.9. The number of aromatic nitrogens is 7. The molecule has 0 fully saturated rings. The zero-order valence-electron chi connectivity index (χ0n) is 20.6. The molecule has 190 valence electrons. The zero-order chi connectivity index (χ0) is 26.3. The summed E-state index contributed by atoms with van der Waals surface area (Å²) >= 11 is 0. The van der Waals surface area contributed by atoms with E-state index in [9.17, 15) is 4.79 Å². The first-order valence-electron chi connectivity index (χ1n) is 11.8. The molecule has 12 heteroatoms. The minimum absolute atomic E-state index is 0.0935. The molecule has 1 amide bonds. The van der Waals surface area contributed by atoms with Gasteiger partial charge in [-0.2, -0.15) is 14.6 Å². The fourth-order valence-electron chi connectivity index (χ4n) is 4.38. The Balaban J connectivity index is 1.46. The molecule has 0 aliphatic rings. The second-order valence-corrected chi connectivity index (χ2v) is 8.72. The van der Waals surface area contributed by atoms with Crippen LogP contribution in [0.1, 0.15) is 18.2 Å². The summed E-state index contributed by atoms with van der Waals surface area (Å²) in [7, 11) is 1.58. The largest absolute Gasteiger partial charge is 0.497 e. The number of rotatable bonds is 7. The first-order valence-corrected chi connectivity index (χ1v) is 11.8. The van der Waals surface area contributed by atoms with Crippen LogP contribution in [-0.4, -0.2) is 47.4 Å². The molecule has 3 N–H and O–H groups in total. The SMILES string of the molecule is COc1ccnc(CNC(=O)[C@@](C)(c2ccccc2)n2ncc3c2nc(N)n2nc(-c4ccco4)nc32)c1. The van der Waals surface area contributed by atoms with E-state index < -0.39 is 5.54 Å². The Labute approximate surface area is 216 Å². The highest BCUT2D eigenvalue weighted by atomic mass is 16.5. The van der Waals surface area contributed by atoms with Gasteiger partial charge < -0.3 is 20.2 Å². The van der Waals surface area contributed by atoms with Gasteiger partial charge in [0.05, 0.1) is 37.2 Å². The van der Waals surface area contributed by atoms with Gasteiger partial charge in [0.2, 0.25) is 11.8 Å².